The number of nitrogens with zero attached hydrogens (tertiary/aromatic N) is 1. The Kier molecular flexibility index (Phi) is 3.98. The van der Waals surface area contributed by atoms with Crippen molar-refractivity contribution in [2.45, 2.75) is 25.0 Å². The van der Waals surface area contributed by atoms with Gasteiger partial charge in [-0.15, -0.1) is 0 Å². The molecular formula is C12H14N2O4S. The number of sulfonamides is 1. The first-order valence-corrected chi connectivity index (χ1v) is 7.10. The quantitative estimate of drug-likeness (QED) is 0.852. The van der Waals surface area contributed by atoms with E-state index in [2.05, 4.69) is 9.71 Å². The molecule has 0 amide bonds. The van der Waals surface area contributed by atoms with E-state index in [0.29, 0.717) is 0 Å². The number of aryl methyl sites for hydroxylation is 1. The fourth-order valence-electron chi connectivity index (χ4n) is 1.63. The van der Waals surface area contributed by atoms with Gasteiger partial charge in [-0.2, -0.15) is 0 Å². The standard InChI is InChI=1S/C12H14N2O4S/c1-9-12(5-11(8-15)18-9)19(16,17)14-7-10-3-2-4-13-6-10/h2-6,14-15H,7-8H2,1H3. The van der Waals surface area contributed by atoms with E-state index in [1.807, 2.05) is 0 Å². The van der Waals surface area contributed by atoms with E-state index >= 15 is 0 Å². The van der Waals surface area contributed by atoms with Gasteiger partial charge < -0.3 is 9.52 Å². The third-order valence-corrected chi connectivity index (χ3v) is 4.07. The fourth-order valence-corrected chi connectivity index (χ4v) is 2.85. The van der Waals surface area contributed by atoms with Gasteiger partial charge >= 0.3 is 0 Å². The monoisotopic (exact) mass is 282 g/mol. The van der Waals surface area contributed by atoms with Crippen molar-refractivity contribution in [3.05, 3.63) is 47.7 Å². The SMILES string of the molecule is Cc1oc(CO)cc1S(=O)(=O)NCc1cccnc1. The van der Waals surface area contributed by atoms with Crippen molar-refractivity contribution in [1.29, 1.82) is 0 Å². The zero-order valence-electron chi connectivity index (χ0n) is 10.3. The molecule has 2 N–H and O–H groups in total. The summed E-state index contributed by atoms with van der Waals surface area (Å²) in [4.78, 5) is 3.95. The minimum Gasteiger partial charge on any atom is -0.462 e. The minimum absolute atomic E-state index is 0.0421. The molecule has 102 valence electrons. The zero-order valence-corrected chi connectivity index (χ0v) is 11.1. The molecule has 7 heteroatoms. The van der Waals surface area contributed by atoms with Gasteiger partial charge in [-0.3, -0.25) is 4.98 Å². The average Bonchev–Trinajstić information content (AvgIpc) is 2.80. The van der Waals surface area contributed by atoms with Gasteiger partial charge in [-0.25, -0.2) is 13.1 Å². The number of furan rings is 1. The average molecular weight is 282 g/mol. The van der Waals surface area contributed by atoms with Gasteiger partial charge in [0.2, 0.25) is 10.0 Å². The van der Waals surface area contributed by atoms with Gasteiger partial charge in [0.15, 0.2) is 0 Å². The number of aliphatic hydroxyl groups excluding tert-OH is 1. The van der Waals surface area contributed by atoms with Crippen LogP contribution in [-0.4, -0.2) is 18.5 Å². The largest absolute Gasteiger partial charge is 0.462 e. The molecule has 2 heterocycles. The lowest BCUT2D eigenvalue weighted by Gasteiger charge is -2.05. The van der Waals surface area contributed by atoms with Gasteiger partial charge in [0.1, 0.15) is 23.0 Å². The normalized spacial score (nSPS) is 11.7. The zero-order chi connectivity index (χ0) is 13.9. The van der Waals surface area contributed by atoms with Gasteiger partial charge in [0, 0.05) is 25.0 Å². The highest BCUT2D eigenvalue weighted by atomic mass is 32.2. The smallest absolute Gasteiger partial charge is 0.244 e. The molecule has 6 nitrogen and oxygen atoms in total. The van der Waals surface area contributed by atoms with Crippen molar-refractivity contribution in [3.8, 4) is 0 Å². The second-order valence-electron chi connectivity index (χ2n) is 3.98. The lowest BCUT2D eigenvalue weighted by molar-refractivity contribution is 0.244. The first-order valence-electron chi connectivity index (χ1n) is 5.61. The van der Waals surface area contributed by atoms with Crippen molar-refractivity contribution in [3.63, 3.8) is 0 Å². The Morgan fingerprint density at radius 1 is 1.47 bits per heavy atom. The summed E-state index contributed by atoms with van der Waals surface area (Å²) in [6.07, 6.45) is 3.20. The summed E-state index contributed by atoms with van der Waals surface area (Å²) >= 11 is 0. The van der Waals surface area contributed by atoms with E-state index < -0.39 is 10.0 Å². The second-order valence-corrected chi connectivity index (χ2v) is 5.71. The summed E-state index contributed by atoms with van der Waals surface area (Å²) in [5, 5.41) is 8.93. The number of hydrogen-bond donors (Lipinski definition) is 2. The Morgan fingerprint density at radius 2 is 2.26 bits per heavy atom. The molecule has 0 aromatic carbocycles. The predicted octanol–water partition coefficient (Wildman–Crippen LogP) is 0.954. The number of nitrogens with one attached hydrogen (secondary N) is 1. The summed E-state index contributed by atoms with van der Waals surface area (Å²) in [5.74, 6) is 0.474. The maximum Gasteiger partial charge on any atom is 0.244 e. The highest BCUT2D eigenvalue weighted by molar-refractivity contribution is 7.89. The lowest BCUT2D eigenvalue weighted by atomic mass is 10.3. The van der Waals surface area contributed by atoms with Crippen molar-refractivity contribution in [2.75, 3.05) is 0 Å². The van der Waals surface area contributed by atoms with Crippen LogP contribution in [0, 0.1) is 6.92 Å². The molecule has 0 radical (unpaired) electrons. The van der Waals surface area contributed by atoms with Crippen LogP contribution in [0.15, 0.2) is 39.9 Å². The number of rotatable bonds is 5. The van der Waals surface area contributed by atoms with Crippen LogP contribution in [0.5, 0.6) is 0 Å². The van der Waals surface area contributed by atoms with E-state index in [1.165, 1.54) is 13.0 Å². The number of aliphatic hydroxyl groups is 1. The van der Waals surface area contributed by atoms with Crippen LogP contribution < -0.4 is 4.72 Å². The molecule has 0 spiro atoms. The van der Waals surface area contributed by atoms with E-state index in [-0.39, 0.29) is 29.6 Å². The number of aromatic nitrogens is 1. The molecule has 0 bridgehead atoms. The molecule has 0 aliphatic carbocycles. The summed E-state index contributed by atoms with van der Waals surface area (Å²) < 4.78 is 31.7. The van der Waals surface area contributed by atoms with Crippen LogP contribution in [0.1, 0.15) is 17.1 Å². The molecule has 0 aliphatic rings. The van der Waals surface area contributed by atoms with Crippen molar-refractivity contribution in [2.24, 2.45) is 0 Å². The summed E-state index contributed by atoms with van der Waals surface area (Å²) in [5.41, 5.74) is 0.759. The molecule has 0 saturated heterocycles. The van der Waals surface area contributed by atoms with Gasteiger partial charge in [-0.05, 0) is 18.6 Å². The lowest BCUT2D eigenvalue weighted by Crippen LogP contribution is -2.23. The molecule has 0 atom stereocenters. The van der Waals surface area contributed by atoms with Crippen LogP contribution in [0.2, 0.25) is 0 Å². The Hall–Kier alpha value is -1.70. The molecule has 0 unspecified atom stereocenters. The molecule has 2 aromatic heterocycles. The van der Waals surface area contributed by atoms with Crippen molar-refractivity contribution in [1.82, 2.24) is 9.71 Å². The Labute approximate surface area is 111 Å². The first-order chi connectivity index (χ1) is 9.03. The summed E-state index contributed by atoms with van der Waals surface area (Å²) in [6, 6.07) is 4.83. The second kappa shape index (κ2) is 5.52. The minimum atomic E-state index is -3.66. The molecule has 19 heavy (non-hydrogen) atoms. The molecule has 0 fully saturated rings. The molecule has 2 rings (SSSR count). The van der Waals surface area contributed by atoms with Gasteiger partial charge in [0.25, 0.3) is 0 Å². The molecule has 0 saturated carbocycles. The summed E-state index contributed by atoms with van der Waals surface area (Å²) in [7, 11) is -3.66. The third-order valence-electron chi connectivity index (χ3n) is 2.56. The highest BCUT2D eigenvalue weighted by Crippen LogP contribution is 2.20. The van der Waals surface area contributed by atoms with Crippen molar-refractivity contribution >= 4 is 10.0 Å². The van der Waals surface area contributed by atoms with Crippen LogP contribution in [0.3, 0.4) is 0 Å². The number of hydrogen-bond acceptors (Lipinski definition) is 5. The first kappa shape index (κ1) is 13.7. The highest BCUT2D eigenvalue weighted by Gasteiger charge is 2.20. The summed E-state index contributed by atoms with van der Waals surface area (Å²) in [6.45, 7) is 1.35. The fraction of sp³-hybridized carbons (Fsp3) is 0.250. The maximum atomic E-state index is 12.1. The Balaban J connectivity index is 2.16. The Bertz CT molecular complexity index is 650. The maximum absolute atomic E-state index is 12.1. The van der Waals surface area contributed by atoms with E-state index in [4.69, 9.17) is 9.52 Å². The topological polar surface area (TPSA) is 92.4 Å². The van der Waals surface area contributed by atoms with Crippen LogP contribution in [-0.2, 0) is 23.2 Å². The molecule has 2 aromatic rings. The molecular weight excluding hydrogens is 268 g/mol. The Morgan fingerprint density at radius 3 is 2.84 bits per heavy atom. The molecule has 0 aliphatic heterocycles. The van der Waals surface area contributed by atoms with E-state index in [1.54, 1.807) is 24.5 Å². The van der Waals surface area contributed by atoms with Crippen molar-refractivity contribution < 1.29 is 17.9 Å². The van der Waals surface area contributed by atoms with Crippen LogP contribution >= 0.6 is 0 Å². The van der Waals surface area contributed by atoms with Crippen LogP contribution in [0.4, 0.5) is 0 Å². The van der Waals surface area contributed by atoms with E-state index in [0.717, 1.165) is 5.56 Å². The number of pyridine rings is 1. The van der Waals surface area contributed by atoms with Gasteiger partial charge in [-0.1, -0.05) is 6.07 Å². The predicted molar refractivity (Wildman–Crippen MR) is 67.6 cm³/mol. The van der Waals surface area contributed by atoms with Gasteiger partial charge in [0.05, 0.1) is 0 Å². The van der Waals surface area contributed by atoms with Crippen LogP contribution in [0.25, 0.3) is 0 Å². The third kappa shape index (κ3) is 3.19. The van der Waals surface area contributed by atoms with E-state index in [9.17, 15) is 8.42 Å².